The largest absolute Gasteiger partial charge is 0.495 e. The van der Waals surface area contributed by atoms with Crippen molar-refractivity contribution in [2.75, 3.05) is 12.4 Å². The minimum absolute atomic E-state index is 0.0512. The summed E-state index contributed by atoms with van der Waals surface area (Å²) >= 11 is 0. The van der Waals surface area contributed by atoms with Gasteiger partial charge >= 0.3 is 5.69 Å². The van der Waals surface area contributed by atoms with Crippen molar-refractivity contribution in [2.24, 2.45) is 0 Å². The molecule has 24 heavy (non-hydrogen) atoms. The highest BCUT2D eigenvalue weighted by atomic mass is 16.5. The van der Waals surface area contributed by atoms with Gasteiger partial charge in [-0.05, 0) is 31.2 Å². The average molecular weight is 325 g/mol. The molecule has 0 bridgehead atoms. The minimum Gasteiger partial charge on any atom is -0.495 e. The van der Waals surface area contributed by atoms with Gasteiger partial charge in [0.05, 0.1) is 23.8 Å². The molecule has 6 nitrogen and oxygen atoms in total. The molecule has 3 aromatic rings. The Labute approximate surface area is 139 Å². The van der Waals surface area contributed by atoms with Crippen LogP contribution >= 0.6 is 0 Å². The number of nitrogens with one attached hydrogen (secondary N) is 1. The van der Waals surface area contributed by atoms with Gasteiger partial charge in [-0.3, -0.25) is 13.9 Å². The zero-order valence-corrected chi connectivity index (χ0v) is 13.7. The summed E-state index contributed by atoms with van der Waals surface area (Å²) in [5.74, 6) is 0.301. The molecule has 1 aromatic heterocycles. The highest BCUT2D eigenvalue weighted by Gasteiger charge is 2.15. The fraction of sp³-hybridized carbons (Fsp3) is 0.222. The second-order valence-electron chi connectivity index (χ2n) is 5.35. The number of imidazole rings is 1. The number of aromatic nitrogens is 2. The Morgan fingerprint density at radius 3 is 2.33 bits per heavy atom. The number of rotatable bonds is 5. The van der Waals surface area contributed by atoms with Gasteiger partial charge in [-0.15, -0.1) is 0 Å². The van der Waals surface area contributed by atoms with Crippen LogP contribution in [-0.4, -0.2) is 22.2 Å². The van der Waals surface area contributed by atoms with Gasteiger partial charge in [-0.1, -0.05) is 24.3 Å². The smallest absolute Gasteiger partial charge is 0.329 e. The molecule has 0 radical (unpaired) electrons. The van der Waals surface area contributed by atoms with Crippen LogP contribution in [0.3, 0.4) is 0 Å². The van der Waals surface area contributed by atoms with Gasteiger partial charge in [-0.25, -0.2) is 4.79 Å². The van der Waals surface area contributed by atoms with E-state index in [4.69, 9.17) is 4.74 Å². The number of carbonyl (C=O) groups is 1. The van der Waals surface area contributed by atoms with E-state index in [0.717, 1.165) is 11.0 Å². The van der Waals surface area contributed by atoms with E-state index in [9.17, 15) is 9.59 Å². The lowest BCUT2D eigenvalue weighted by Crippen LogP contribution is -2.29. The normalized spacial score (nSPS) is 10.8. The maximum Gasteiger partial charge on any atom is 0.329 e. The first kappa shape index (κ1) is 15.9. The molecule has 0 aliphatic rings. The fourth-order valence-electron chi connectivity index (χ4n) is 2.81. The van der Waals surface area contributed by atoms with Crippen LogP contribution in [0.5, 0.6) is 5.75 Å². The van der Waals surface area contributed by atoms with Crippen molar-refractivity contribution in [3.8, 4) is 5.75 Å². The zero-order valence-electron chi connectivity index (χ0n) is 13.7. The molecule has 0 aliphatic heterocycles. The highest BCUT2D eigenvalue weighted by Crippen LogP contribution is 2.23. The van der Waals surface area contributed by atoms with Gasteiger partial charge in [-0.2, -0.15) is 0 Å². The molecule has 0 spiro atoms. The van der Waals surface area contributed by atoms with Gasteiger partial charge in [0.25, 0.3) is 0 Å². The van der Waals surface area contributed by atoms with E-state index in [1.807, 2.05) is 43.3 Å². The fourth-order valence-corrected chi connectivity index (χ4v) is 2.81. The first-order chi connectivity index (χ1) is 11.7. The van der Waals surface area contributed by atoms with Crippen molar-refractivity contribution in [3.63, 3.8) is 0 Å². The molecule has 0 saturated carbocycles. The van der Waals surface area contributed by atoms with Crippen molar-refractivity contribution < 1.29 is 9.53 Å². The molecule has 0 aliphatic carbocycles. The number of aryl methyl sites for hydroxylation is 1. The number of hydrogen-bond acceptors (Lipinski definition) is 3. The number of methoxy groups -OCH3 is 1. The molecular weight excluding hydrogens is 306 g/mol. The molecule has 2 aromatic carbocycles. The Balaban J connectivity index is 1.91. The number of hydrogen-bond donors (Lipinski definition) is 1. The number of anilines is 1. The summed E-state index contributed by atoms with van der Waals surface area (Å²) in [7, 11) is 1.55. The Kier molecular flexibility index (Phi) is 4.37. The second-order valence-corrected chi connectivity index (χ2v) is 5.35. The van der Waals surface area contributed by atoms with E-state index in [-0.39, 0.29) is 18.1 Å². The summed E-state index contributed by atoms with van der Waals surface area (Å²) in [5, 5.41) is 2.80. The Morgan fingerprint density at radius 2 is 1.67 bits per heavy atom. The molecule has 0 fully saturated rings. The number of carbonyl (C=O) groups excluding carboxylic acids is 1. The van der Waals surface area contributed by atoms with Crippen LogP contribution in [0.15, 0.2) is 53.3 Å². The predicted molar refractivity (Wildman–Crippen MR) is 93.5 cm³/mol. The van der Waals surface area contributed by atoms with Crippen molar-refractivity contribution in [1.82, 2.24) is 9.13 Å². The number of ether oxygens (including phenoxy) is 1. The van der Waals surface area contributed by atoms with Gasteiger partial charge in [0.15, 0.2) is 0 Å². The number of amides is 1. The Morgan fingerprint density at radius 1 is 1.04 bits per heavy atom. The van der Waals surface area contributed by atoms with Gasteiger partial charge in [0, 0.05) is 6.54 Å². The van der Waals surface area contributed by atoms with Gasteiger partial charge < -0.3 is 10.1 Å². The molecule has 0 saturated heterocycles. The summed E-state index contributed by atoms with van der Waals surface area (Å²) in [4.78, 5) is 25.0. The zero-order chi connectivity index (χ0) is 17.1. The number of fused-ring (bicyclic) bond motifs is 1. The first-order valence-corrected chi connectivity index (χ1v) is 7.76. The van der Waals surface area contributed by atoms with E-state index in [2.05, 4.69) is 5.32 Å². The standard InChI is InChI=1S/C18H19N3O3/c1-3-20-14-9-5-6-10-15(14)21(18(20)23)12-17(22)19-13-8-4-7-11-16(13)24-2/h4-11H,3,12H2,1-2H3,(H,19,22). The van der Waals surface area contributed by atoms with E-state index < -0.39 is 0 Å². The second kappa shape index (κ2) is 6.62. The Bertz CT molecular complexity index is 940. The Hall–Kier alpha value is -3.02. The van der Waals surface area contributed by atoms with Gasteiger partial charge in [0.1, 0.15) is 12.3 Å². The van der Waals surface area contributed by atoms with E-state index in [1.165, 1.54) is 4.57 Å². The van der Waals surface area contributed by atoms with Crippen molar-refractivity contribution >= 4 is 22.6 Å². The predicted octanol–water partition coefficient (Wildman–Crippen LogP) is 2.47. The highest BCUT2D eigenvalue weighted by molar-refractivity contribution is 5.93. The average Bonchev–Trinajstić information content (AvgIpc) is 2.87. The van der Waals surface area contributed by atoms with Crippen molar-refractivity contribution in [1.29, 1.82) is 0 Å². The molecule has 1 amide bonds. The van der Waals surface area contributed by atoms with Crippen molar-refractivity contribution in [3.05, 3.63) is 59.0 Å². The van der Waals surface area contributed by atoms with E-state index in [1.54, 1.807) is 23.8 Å². The number of nitrogens with zero attached hydrogens (tertiary/aromatic N) is 2. The maximum atomic E-state index is 12.6. The van der Waals surface area contributed by atoms with Crippen LogP contribution in [0.1, 0.15) is 6.92 Å². The lowest BCUT2D eigenvalue weighted by molar-refractivity contribution is -0.116. The van der Waals surface area contributed by atoms with Gasteiger partial charge in [0.2, 0.25) is 5.91 Å². The molecule has 124 valence electrons. The summed E-state index contributed by atoms with van der Waals surface area (Å²) in [6.07, 6.45) is 0. The summed E-state index contributed by atoms with van der Waals surface area (Å²) in [5.41, 5.74) is 1.97. The quantitative estimate of drug-likeness (QED) is 0.784. The molecule has 1 N–H and O–H groups in total. The van der Waals surface area contributed by atoms with Crippen LogP contribution in [0.2, 0.25) is 0 Å². The third kappa shape index (κ3) is 2.78. The van der Waals surface area contributed by atoms with Crippen LogP contribution < -0.4 is 15.7 Å². The summed E-state index contributed by atoms with van der Waals surface area (Å²) in [6, 6.07) is 14.6. The third-order valence-electron chi connectivity index (χ3n) is 3.92. The first-order valence-electron chi connectivity index (χ1n) is 7.76. The lowest BCUT2D eigenvalue weighted by atomic mass is 10.3. The lowest BCUT2D eigenvalue weighted by Gasteiger charge is -2.10. The van der Waals surface area contributed by atoms with Crippen molar-refractivity contribution in [2.45, 2.75) is 20.0 Å². The molecule has 3 rings (SSSR count). The number of para-hydroxylation sites is 4. The SMILES string of the molecule is CCn1c(=O)n(CC(=O)Nc2ccccc2OC)c2ccccc21. The summed E-state index contributed by atoms with van der Waals surface area (Å²) in [6.45, 7) is 2.41. The van der Waals surface area contributed by atoms with Crippen LogP contribution in [0.4, 0.5) is 5.69 Å². The third-order valence-corrected chi connectivity index (χ3v) is 3.92. The molecule has 1 heterocycles. The topological polar surface area (TPSA) is 65.3 Å². The van der Waals surface area contributed by atoms with Crippen LogP contribution in [0, 0.1) is 0 Å². The molecular formula is C18H19N3O3. The minimum atomic E-state index is -0.277. The van der Waals surface area contributed by atoms with E-state index >= 15 is 0 Å². The molecule has 0 atom stereocenters. The van der Waals surface area contributed by atoms with E-state index in [0.29, 0.717) is 18.0 Å². The van der Waals surface area contributed by atoms with Crippen LogP contribution in [-0.2, 0) is 17.9 Å². The maximum absolute atomic E-state index is 12.6. The summed E-state index contributed by atoms with van der Waals surface area (Å²) < 4.78 is 8.37. The molecule has 0 unspecified atom stereocenters. The molecule has 6 heteroatoms. The number of benzene rings is 2. The van der Waals surface area contributed by atoms with Crippen LogP contribution in [0.25, 0.3) is 11.0 Å². The monoisotopic (exact) mass is 325 g/mol.